The minimum Gasteiger partial charge on any atom is -0.469 e. The number of aromatic nitrogens is 1. The van der Waals surface area contributed by atoms with Crippen LogP contribution in [-0.4, -0.2) is 17.6 Å². The quantitative estimate of drug-likeness (QED) is 0.826. The van der Waals surface area contributed by atoms with Gasteiger partial charge in [0.1, 0.15) is 0 Å². The number of nitrogens with zero attached hydrogens (tertiary/aromatic N) is 1. The van der Waals surface area contributed by atoms with Crippen LogP contribution in [0.2, 0.25) is 0 Å². The van der Waals surface area contributed by atoms with Crippen molar-refractivity contribution in [1.29, 1.82) is 0 Å². The molecule has 1 N–H and O–H groups in total. The molecule has 0 saturated carbocycles. The number of rotatable bonds is 6. The molecule has 0 aliphatic rings. The van der Waals surface area contributed by atoms with Crippen LogP contribution in [0.15, 0.2) is 35.8 Å². The first-order chi connectivity index (χ1) is 9.20. The molecule has 0 radical (unpaired) electrons. The summed E-state index contributed by atoms with van der Waals surface area (Å²) in [6.45, 7) is 0.725. The molecule has 1 unspecified atom stereocenters. The summed E-state index contributed by atoms with van der Waals surface area (Å²) in [5.41, 5.74) is 1.19. The summed E-state index contributed by atoms with van der Waals surface area (Å²) in [5.74, 6) is -0.196. The van der Waals surface area contributed by atoms with Crippen molar-refractivity contribution in [2.45, 2.75) is 19.0 Å². The highest BCUT2D eigenvalue weighted by atomic mass is 32.1. The summed E-state index contributed by atoms with van der Waals surface area (Å²) in [7, 11) is 3.43. The lowest BCUT2D eigenvalue weighted by Crippen LogP contribution is -2.24. The SMILES string of the molecule is COC(=O)CC(NCc1cccn1C)c1cccs1. The highest BCUT2D eigenvalue weighted by Gasteiger charge is 2.17. The van der Waals surface area contributed by atoms with Crippen LogP contribution in [0, 0.1) is 0 Å². The molecule has 0 bridgehead atoms. The third-order valence-corrected chi connectivity index (χ3v) is 4.05. The molecule has 0 aliphatic carbocycles. The predicted octanol–water partition coefficient (Wildman–Crippen LogP) is 2.48. The summed E-state index contributed by atoms with van der Waals surface area (Å²) in [6.07, 6.45) is 2.36. The summed E-state index contributed by atoms with van der Waals surface area (Å²) >= 11 is 1.65. The molecule has 0 fully saturated rings. The van der Waals surface area contributed by atoms with Gasteiger partial charge >= 0.3 is 5.97 Å². The van der Waals surface area contributed by atoms with Gasteiger partial charge in [-0.2, -0.15) is 0 Å². The largest absolute Gasteiger partial charge is 0.469 e. The third kappa shape index (κ3) is 3.68. The normalized spacial score (nSPS) is 12.3. The van der Waals surface area contributed by atoms with Crippen LogP contribution in [0.3, 0.4) is 0 Å². The van der Waals surface area contributed by atoms with Crippen molar-refractivity contribution in [3.8, 4) is 0 Å². The molecule has 0 aromatic carbocycles. The summed E-state index contributed by atoms with van der Waals surface area (Å²) in [4.78, 5) is 12.6. The zero-order chi connectivity index (χ0) is 13.7. The molecule has 0 aliphatic heterocycles. The molecule has 2 heterocycles. The first kappa shape index (κ1) is 13.8. The average Bonchev–Trinajstić information content (AvgIpc) is 3.06. The zero-order valence-electron chi connectivity index (χ0n) is 11.1. The van der Waals surface area contributed by atoms with Gasteiger partial charge in [0.15, 0.2) is 0 Å². The van der Waals surface area contributed by atoms with Crippen LogP contribution in [0.4, 0.5) is 0 Å². The van der Waals surface area contributed by atoms with Crippen molar-refractivity contribution >= 4 is 17.3 Å². The molecular formula is C14H18N2O2S. The van der Waals surface area contributed by atoms with Gasteiger partial charge in [-0.1, -0.05) is 6.07 Å². The lowest BCUT2D eigenvalue weighted by Gasteiger charge is -2.16. The Morgan fingerprint density at radius 1 is 1.47 bits per heavy atom. The van der Waals surface area contributed by atoms with E-state index in [-0.39, 0.29) is 12.0 Å². The van der Waals surface area contributed by atoms with E-state index in [1.165, 1.54) is 12.8 Å². The topological polar surface area (TPSA) is 43.3 Å². The lowest BCUT2D eigenvalue weighted by atomic mass is 10.1. The van der Waals surface area contributed by atoms with E-state index >= 15 is 0 Å². The van der Waals surface area contributed by atoms with E-state index in [9.17, 15) is 4.79 Å². The monoisotopic (exact) mass is 278 g/mol. The third-order valence-electron chi connectivity index (χ3n) is 3.07. The van der Waals surface area contributed by atoms with E-state index in [1.54, 1.807) is 11.3 Å². The molecule has 102 valence electrons. The zero-order valence-corrected chi connectivity index (χ0v) is 11.9. The van der Waals surface area contributed by atoms with Gasteiger partial charge in [-0.15, -0.1) is 11.3 Å². The number of carbonyl (C=O) groups excluding carboxylic acids is 1. The van der Waals surface area contributed by atoms with Gasteiger partial charge in [0.25, 0.3) is 0 Å². The van der Waals surface area contributed by atoms with Crippen LogP contribution in [-0.2, 0) is 23.1 Å². The molecule has 2 aromatic rings. The molecule has 1 atom stereocenters. The van der Waals surface area contributed by atoms with Crippen LogP contribution in [0.1, 0.15) is 23.0 Å². The van der Waals surface area contributed by atoms with Crippen molar-refractivity contribution in [2.75, 3.05) is 7.11 Å². The van der Waals surface area contributed by atoms with Gasteiger partial charge in [0.05, 0.1) is 19.6 Å². The van der Waals surface area contributed by atoms with Crippen LogP contribution < -0.4 is 5.32 Å². The fourth-order valence-corrected chi connectivity index (χ4v) is 2.72. The Labute approximate surface area is 117 Å². The number of nitrogens with one attached hydrogen (secondary N) is 1. The molecule has 0 amide bonds. The fourth-order valence-electron chi connectivity index (χ4n) is 1.92. The van der Waals surface area contributed by atoms with E-state index in [1.807, 2.05) is 36.8 Å². The highest BCUT2D eigenvalue weighted by Crippen LogP contribution is 2.22. The Balaban J connectivity index is 2.02. The molecule has 5 heteroatoms. The molecule has 0 saturated heterocycles. The van der Waals surface area contributed by atoms with Gasteiger partial charge in [-0.3, -0.25) is 4.79 Å². The van der Waals surface area contributed by atoms with Gasteiger partial charge in [-0.25, -0.2) is 0 Å². The number of hydrogen-bond acceptors (Lipinski definition) is 4. The minimum atomic E-state index is -0.196. The number of hydrogen-bond donors (Lipinski definition) is 1. The van der Waals surface area contributed by atoms with Gasteiger partial charge in [-0.05, 0) is 23.6 Å². The van der Waals surface area contributed by atoms with Crippen LogP contribution >= 0.6 is 11.3 Å². The maximum Gasteiger partial charge on any atom is 0.307 e. The molecular weight excluding hydrogens is 260 g/mol. The Kier molecular flexibility index (Phi) is 4.76. The second-order valence-electron chi connectivity index (χ2n) is 4.34. The Morgan fingerprint density at radius 2 is 2.32 bits per heavy atom. The van der Waals surface area contributed by atoms with Gasteiger partial charge in [0, 0.05) is 30.4 Å². The number of carbonyl (C=O) groups is 1. The van der Waals surface area contributed by atoms with E-state index in [0.717, 1.165) is 11.4 Å². The van der Waals surface area contributed by atoms with E-state index in [0.29, 0.717) is 6.42 Å². The van der Waals surface area contributed by atoms with Crippen LogP contribution in [0.5, 0.6) is 0 Å². The number of methoxy groups -OCH3 is 1. The number of aryl methyl sites for hydroxylation is 1. The highest BCUT2D eigenvalue weighted by molar-refractivity contribution is 7.10. The van der Waals surface area contributed by atoms with E-state index < -0.39 is 0 Å². The van der Waals surface area contributed by atoms with Crippen LogP contribution in [0.25, 0.3) is 0 Å². The molecule has 19 heavy (non-hydrogen) atoms. The predicted molar refractivity (Wildman–Crippen MR) is 75.9 cm³/mol. The lowest BCUT2D eigenvalue weighted by molar-refractivity contribution is -0.141. The smallest absolute Gasteiger partial charge is 0.307 e. The first-order valence-corrected chi connectivity index (χ1v) is 7.02. The van der Waals surface area contributed by atoms with Crippen molar-refractivity contribution in [1.82, 2.24) is 9.88 Å². The number of esters is 1. The fraction of sp³-hybridized carbons (Fsp3) is 0.357. The van der Waals surface area contributed by atoms with Crippen molar-refractivity contribution in [3.05, 3.63) is 46.4 Å². The Morgan fingerprint density at radius 3 is 2.89 bits per heavy atom. The second kappa shape index (κ2) is 6.54. The molecule has 0 spiro atoms. The molecule has 2 rings (SSSR count). The minimum absolute atomic E-state index is 0.00218. The van der Waals surface area contributed by atoms with Crippen molar-refractivity contribution < 1.29 is 9.53 Å². The van der Waals surface area contributed by atoms with E-state index in [4.69, 9.17) is 4.74 Å². The van der Waals surface area contributed by atoms with Gasteiger partial charge in [0.2, 0.25) is 0 Å². The summed E-state index contributed by atoms with van der Waals surface area (Å²) in [6, 6.07) is 8.11. The average molecular weight is 278 g/mol. The molecule has 2 aromatic heterocycles. The first-order valence-electron chi connectivity index (χ1n) is 6.14. The number of ether oxygens (including phenoxy) is 1. The Bertz CT molecular complexity index is 519. The summed E-state index contributed by atoms with van der Waals surface area (Å²) in [5, 5.41) is 5.44. The van der Waals surface area contributed by atoms with E-state index in [2.05, 4.69) is 16.0 Å². The maximum absolute atomic E-state index is 11.5. The van der Waals surface area contributed by atoms with Crippen molar-refractivity contribution in [2.24, 2.45) is 7.05 Å². The van der Waals surface area contributed by atoms with Crippen molar-refractivity contribution in [3.63, 3.8) is 0 Å². The number of thiophene rings is 1. The van der Waals surface area contributed by atoms with Gasteiger partial charge < -0.3 is 14.6 Å². The standard InChI is InChI=1S/C14H18N2O2S/c1-16-7-3-5-11(16)10-15-12(9-14(17)18-2)13-6-4-8-19-13/h3-8,12,15H,9-10H2,1-2H3. The summed E-state index contributed by atoms with van der Waals surface area (Å²) < 4.78 is 6.83. The maximum atomic E-state index is 11.5. The second-order valence-corrected chi connectivity index (χ2v) is 5.32. The Hall–Kier alpha value is -1.59. The molecule has 4 nitrogen and oxygen atoms in total.